The molecular formula is C24H18BrNO2S2. The SMILES string of the molecule is Cc1cccc(COc2ccc(Br)cc2/C=C2/SC(=S)N(c3ccccc3)C2=O)c1. The highest BCUT2D eigenvalue weighted by atomic mass is 79.9. The molecule has 1 aliphatic rings. The first-order chi connectivity index (χ1) is 14.5. The van der Waals surface area contributed by atoms with E-state index in [1.54, 1.807) is 4.90 Å². The average Bonchev–Trinajstić information content (AvgIpc) is 3.01. The van der Waals surface area contributed by atoms with E-state index in [9.17, 15) is 4.79 Å². The van der Waals surface area contributed by atoms with Gasteiger partial charge in [-0.25, -0.2) is 0 Å². The zero-order valence-electron chi connectivity index (χ0n) is 16.2. The molecule has 0 atom stereocenters. The summed E-state index contributed by atoms with van der Waals surface area (Å²) in [7, 11) is 0. The van der Waals surface area contributed by atoms with E-state index in [-0.39, 0.29) is 5.91 Å². The fraction of sp³-hybridized carbons (Fsp3) is 0.0833. The molecule has 0 N–H and O–H groups in total. The van der Waals surface area contributed by atoms with Gasteiger partial charge in [0.15, 0.2) is 4.32 Å². The van der Waals surface area contributed by atoms with Crippen LogP contribution in [0, 0.1) is 6.92 Å². The lowest BCUT2D eigenvalue weighted by Gasteiger charge is -2.14. The Morgan fingerprint density at radius 2 is 1.87 bits per heavy atom. The first kappa shape index (κ1) is 20.8. The fourth-order valence-electron chi connectivity index (χ4n) is 3.14. The van der Waals surface area contributed by atoms with Gasteiger partial charge in [0.2, 0.25) is 0 Å². The van der Waals surface area contributed by atoms with Gasteiger partial charge in [-0.05, 0) is 48.9 Å². The molecule has 1 aliphatic heterocycles. The van der Waals surface area contributed by atoms with Crippen molar-refractivity contribution in [1.29, 1.82) is 0 Å². The van der Waals surface area contributed by atoms with Crippen LogP contribution in [0.25, 0.3) is 6.08 Å². The number of carbonyl (C=O) groups excluding carboxylic acids is 1. The van der Waals surface area contributed by atoms with Gasteiger partial charge in [0.25, 0.3) is 5.91 Å². The molecule has 0 aromatic heterocycles. The normalized spacial score (nSPS) is 15.1. The Hall–Kier alpha value is -2.41. The molecule has 0 spiro atoms. The van der Waals surface area contributed by atoms with Crippen molar-refractivity contribution < 1.29 is 9.53 Å². The predicted octanol–water partition coefficient (Wildman–Crippen LogP) is 6.74. The van der Waals surface area contributed by atoms with Crippen molar-refractivity contribution >= 4 is 61.9 Å². The lowest BCUT2D eigenvalue weighted by Crippen LogP contribution is -2.27. The van der Waals surface area contributed by atoms with E-state index in [1.807, 2.05) is 66.7 Å². The van der Waals surface area contributed by atoms with Gasteiger partial charge in [0.1, 0.15) is 12.4 Å². The maximum absolute atomic E-state index is 13.0. The Kier molecular flexibility index (Phi) is 6.37. The highest BCUT2D eigenvalue weighted by Crippen LogP contribution is 2.37. The van der Waals surface area contributed by atoms with E-state index in [4.69, 9.17) is 17.0 Å². The number of ether oxygens (including phenoxy) is 1. The number of thiocarbonyl (C=S) groups is 1. The maximum Gasteiger partial charge on any atom is 0.270 e. The number of anilines is 1. The van der Waals surface area contributed by atoms with Gasteiger partial charge in [-0.15, -0.1) is 0 Å². The number of rotatable bonds is 5. The highest BCUT2D eigenvalue weighted by Gasteiger charge is 2.33. The smallest absolute Gasteiger partial charge is 0.270 e. The number of halogens is 1. The Bertz CT molecular complexity index is 1140. The van der Waals surface area contributed by atoms with Crippen LogP contribution in [-0.2, 0) is 11.4 Å². The molecule has 1 amide bonds. The van der Waals surface area contributed by atoms with Gasteiger partial charge in [0, 0.05) is 10.0 Å². The van der Waals surface area contributed by atoms with Crippen molar-refractivity contribution in [3.63, 3.8) is 0 Å². The third-order valence-electron chi connectivity index (χ3n) is 4.54. The fourth-order valence-corrected chi connectivity index (χ4v) is 4.80. The van der Waals surface area contributed by atoms with Crippen LogP contribution in [0.3, 0.4) is 0 Å². The standard InChI is InChI=1S/C24H18BrNO2S2/c1-16-6-5-7-17(12-16)15-28-21-11-10-19(25)13-18(21)14-22-23(27)26(24(29)30-22)20-8-3-2-4-9-20/h2-14H,15H2,1H3/b22-14+. The van der Waals surface area contributed by atoms with Gasteiger partial charge < -0.3 is 4.74 Å². The maximum atomic E-state index is 13.0. The Morgan fingerprint density at radius 1 is 1.07 bits per heavy atom. The number of benzene rings is 3. The minimum Gasteiger partial charge on any atom is -0.488 e. The van der Waals surface area contributed by atoms with Crippen molar-refractivity contribution in [3.05, 3.63) is 98.9 Å². The van der Waals surface area contributed by atoms with Crippen LogP contribution >= 0.6 is 39.9 Å². The molecule has 1 saturated heterocycles. The largest absolute Gasteiger partial charge is 0.488 e. The highest BCUT2D eigenvalue weighted by molar-refractivity contribution is 9.10. The number of carbonyl (C=O) groups is 1. The quantitative estimate of drug-likeness (QED) is 0.289. The Labute approximate surface area is 193 Å². The third kappa shape index (κ3) is 4.67. The molecular weight excluding hydrogens is 478 g/mol. The third-order valence-corrected chi connectivity index (χ3v) is 6.34. The molecule has 30 heavy (non-hydrogen) atoms. The molecule has 3 aromatic rings. The zero-order chi connectivity index (χ0) is 21.1. The van der Waals surface area contributed by atoms with Crippen molar-refractivity contribution in [2.45, 2.75) is 13.5 Å². The van der Waals surface area contributed by atoms with Crippen molar-refractivity contribution in [2.24, 2.45) is 0 Å². The topological polar surface area (TPSA) is 29.5 Å². The van der Waals surface area contributed by atoms with E-state index in [2.05, 4.69) is 35.0 Å². The second-order valence-electron chi connectivity index (χ2n) is 6.81. The monoisotopic (exact) mass is 495 g/mol. The van der Waals surface area contributed by atoms with Crippen molar-refractivity contribution in [1.82, 2.24) is 0 Å². The molecule has 0 saturated carbocycles. The van der Waals surface area contributed by atoms with Crippen LogP contribution in [0.4, 0.5) is 5.69 Å². The summed E-state index contributed by atoms with van der Waals surface area (Å²) < 4.78 is 7.52. The molecule has 0 radical (unpaired) electrons. The Balaban J connectivity index is 1.61. The van der Waals surface area contributed by atoms with Crippen LogP contribution in [0.2, 0.25) is 0 Å². The van der Waals surface area contributed by atoms with E-state index < -0.39 is 0 Å². The average molecular weight is 496 g/mol. The summed E-state index contributed by atoms with van der Waals surface area (Å²) in [4.78, 5) is 15.2. The lowest BCUT2D eigenvalue weighted by atomic mass is 10.1. The Morgan fingerprint density at radius 3 is 2.63 bits per heavy atom. The van der Waals surface area contributed by atoms with Crippen molar-refractivity contribution in [2.75, 3.05) is 4.90 Å². The van der Waals surface area contributed by atoms with Gasteiger partial charge in [0.05, 0.1) is 10.6 Å². The summed E-state index contributed by atoms with van der Waals surface area (Å²) in [5.74, 6) is 0.588. The summed E-state index contributed by atoms with van der Waals surface area (Å²) in [6, 6.07) is 23.5. The lowest BCUT2D eigenvalue weighted by molar-refractivity contribution is -0.113. The number of aryl methyl sites for hydroxylation is 1. The summed E-state index contributed by atoms with van der Waals surface area (Å²) >= 11 is 10.3. The zero-order valence-corrected chi connectivity index (χ0v) is 19.4. The second kappa shape index (κ2) is 9.16. The second-order valence-corrected chi connectivity index (χ2v) is 9.40. The summed E-state index contributed by atoms with van der Waals surface area (Å²) in [5.41, 5.74) is 3.88. The number of para-hydroxylation sites is 1. The minimum absolute atomic E-state index is 0.124. The number of nitrogens with zero attached hydrogens (tertiary/aromatic N) is 1. The molecule has 1 heterocycles. The van der Waals surface area contributed by atoms with E-state index in [0.29, 0.717) is 21.6 Å². The van der Waals surface area contributed by atoms with Crippen LogP contribution in [-0.4, -0.2) is 10.2 Å². The summed E-state index contributed by atoms with van der Waals surface area (Å²) in [6.45, 7) is 2.51. The first-order valence-corrected chi connectivity index (χ1v) is 11.3. The van der Waals surface area contributed by atoms with Crippen LogP contribution in [0.1, 0.15) is 16.7 Å². The summed E-state index contributed by atoms with van der Waals surface area (Å²) in [5, 5.41) is 0. The molecule has 1 fully saturated rings. The van der Waals surface area contributed by atoms with Gasteiger partial charge in [-0.3, -0.25) is 9.69 Å². The van der Waals surface area contributed by atoms with Crippen LogP contribution in [0.5, 0.6) is 5.75 Å². The molecule has 0 aliphatic carbocycles. The predicted molar refractivity (Wildman–Crippen MR) is 132 cm³/mol. The van der Waals surface area contributed by atoms with Crippen LogP contribution in [0.15, 0.2) is 82.2 Å². The molecule has 4 rings (SSSR count). The number of amides is 1. The molecule has 0 bridgehead atoms. The molecule has 3 aromatic carbocycles. The van der Waals surface area contributed by atoms with Gasteiger partial charge >= 0.3 is 0 Å². The minimum atomic E-state index is -0.124. The number of hydrogen-bond acceptors (Lipinski definition) is 4. The molecule has 6 heteroatoms. The van der Waals surface area contributed by atoms with Gasteiger partial charge in [-0.1, -0.05) is 87.9 Å². The van der Waals surface area contributed by atoms with E-state index in [0.717, 1.165) is 21.3 Å². The number of hydrogen-bond donors (Lipinski definition) is 0. The van der Waals surface area contributed by atoms with Crippen molar-refractivity contribution in [3.8, 4) is 5.75 Å². The molecule has 150 valence electrons. The first-order valence-electron chi connectivity index (χ1n) is 9.32. The summed E-state index contributed by atoms with van der Waals surface area (Å²) in [6.07, 6.45) is 1.85. The molecule has 0 unspecified atom stereocenters. The number of thioether (sulfide) groups is 1. The van der Waals surface area contributed by atoms with E-state index >= 15 is 0 Å². The van der Waals surface area contributed by atoms with Gasteiger partial charge in [-0.2, -0.15) is 0 Å². The van der Waals surface area contributed by atoms with Crippen LogP contribution < -0.4 is 9.64 Å². The molecule has 3 nitrogen and oxygen atoms in total. The van der Waals surface area contributed by atoms with E-state index in [1.165, 1.54) is 17.3 Å².